The maximum atomic E-state index is 14.9. The number of ether oxygens (including phenoxy) is 1. The van der Waals surface area contributed by atoms with E-state index in [0.717, 1.165) is 40.0 Å². The van der Waals surface area contributed by atoms with E-state index in [1.165, 1.54) is 18.5 Å². The average molecular weight is 522 g/mol. The lowest BCUT2D eigenvalue weighted by Crippen LogP contribution is -2.13. The highest BCUT2D eigenvalue weighted by atomic mass is 32.2. The van der Waals surface area contributed by atoms with Gasteiger partial charge in [0, 0.05) is 28.9 Å². The number of aryl methyl sites for hydroxylation is 1. The van der Waals surface area contributed by atoms with E-state index < -0.39 is 15.8 Å². The number of rotatable bonds is 8. The maximum absolute atomic E-state index is 14.9. The third-order valence-corrected chi connectivity index (χ3v) is 7.37. The molecule has 0 unspecified atom stereocenters. The number of sulfonamides is 1. The third kappa shape index (κ3) is 5.11. The van der Waals surface area contributed by atoms with Crippen molar-refractivity contribution in [3.8, 4) is 22.6 Å². The second-order valence-corrected chi connectivity index (χ2v) is 10.3. The first-order chi connectivity index (χ1) is 17.4. The van der Waals surface area contributed by atoms with Crippen LogP contribution >= 0.6 is 11.5 Å². The molecule has 0 aliphatic heterocycles. The number of para-hydroxylation sites is 1. The molecule has 0 saturated heterocycles. The second-order valence-electron chi connectivity index (χ2n) is 7.85. The number of aromatic nitrogens is 4. The van der Waals surface area contributed by atoms with Crippen LogP contribution in [-0.2, 0) is 16.6 Å². The van der Waals surface area contributed by atoms with Crippen molar-refractivity contribution < 1.29 is 17.5 Å². The summed E-state index contributed by atoms with van der Waals surface area (Å²) in [5.74, 6) is -0.505. The number of hydrogen-bond acceptors (Lipinski definition) is 7. The minimum Gasteiger partial charge on any atom is -0.454 e. The van der Waals surface area contributed by atoms with E-state index >= 15 is 0 Å². The summed E-state index contributed by atoms with van der Waals surface area (Å²) in [5.41, 5.74) is 3.51. The fraction of sp³-hybridized carbons (Fsp3) is 0.0800. The summed E-state index contributed by atoms with van der Waals surface area (Å²) in [5, 5.41) is 4.71. The molecule has 8 nitrogen and oxygen atoms in total. The molecule has 0 atom stereocenters. The molecule has 182 valence electrons. The monoisotopic (exact) mass is 521 g/mol. The fourth-order valence-corrected chi connectivity index (χ4v) is 5.33. The highest BCUT2D eigenvalue weighted by Gasteiger charge is 2.20. The maximum Gasteiger partial charge on any atom is 0.263 e. The van der Waals surface area contributed by atoms with Crippen molar-refractivity contribution in [2.45, 2.75) is 18.4 Å². The van der Waals surface area contributed by atoms with Crippen molar-refractivity contribution in [3.63, 3.8) is 0 Å². The Bertz CT molecular complexity index is 1600. The second kappa shape index (κ2) is 9.88. The first kappa shape index (κ1) is 23.6. The van der Waals surface area contributed by atoms with Crippen LogP contribution in [0.1, 0.15) is 11.3 Å². The van der Waals surface area contributed by atoms with Crippen LogP contribution < -0.4 is 9.46 Å². The molecule has 0 radical (unpaired) electrons. The molecule has 0 bridgehead atoms. The molecule has 2 heterocycles. The van der Waals surface area contributed by atoms with E-state index in [9.17, 15) is 12.8 Å². The van der Waals surface area contributed by atoms with Gasteiger partial charge in [-0.3, -0.25) is 9.40 Å². The van der Waals surface area contributed by atoms with Crippen LogP contribution in [0, 0.1) is 12.7 Å². The average Bonchev–Trinajstić information content (AvgIpc) is 3.50. The standard InChI is InChI=1S/C25H20FN5O3S2/c1-17-21(15-31(29-17)14-18-7-3-2-4-8-18)20-9-5-6-10-23(20)34-24-12-11-19(13-22(24)26)36(32,33)30-25-27-16-28-35-25/h2-13,15-16H,14H2,1H3,(H,27,28,30). The van der Waals surface area contributed by atoms with E-state index in [2.05, 4.69) is 19.2 Å². The smallest absolute Gasteiger partial charge is 0.263 e. The van der Waals surface area contributed by atoms with Crippen LogP contribution in [0.3, 0.4) is 0 Å². The van der Waals surface area contributed by atoms with Gasteiger partial charge in [0.05, 0.1) is 17.1 Å². The van der Waals surface area contributed by atoms with Crippen LogP contribution in [0.25, 0.3) is 11.1 Å². The quantitative estimate of drug-likeness (QED) is 0.290. The Hall–Kier alpha value is -4.09. The molecule has 11 heteroatoms. The number of halogens is 1. The van der Waals surface area contributed by atoms with Gasteiger partial charge in [0.25, 0.3) is 10.0 Å². The Morgan fingerprint density at radius 1 is 1.00 bits per heavy atom. The molecule has 2 aromatic heterocycles. The zero-order valence-corrected chi connectivity index (χ0v) is 20.6. The number of nitrogens with zero attached hydrogens (tertiary/aromatic N) is 4. The molecule has 0 fully saturated rings. The Morgan fingerprint density at radius 3 is 2.53 bits per heavy atom. The SMILES string of the molecule is Cc1nn(Cc2ccccc2)cc1-c1ccccc1Oc1ccc(S(=O)(=O)Nc2ncns2)cc1F. The molecule has 5 rings (SSSR count). The first-order valence-electron chi connectivity index (χ1n) is 10.8. The fourth-order valence-electron chi connectivity index (χ4n) is 3.65. The number of anilines is 1. The number of benzene rings is 3. The van der Waals surface area contributed by atoms with Gasteiger partial charge in [0.2, 0.25) is 5.13 Å². The molecule has 0 aliphatic rings. The minimum absolute atomic E-state index is 0.0906. The van der Waals surface area contributed by atoms with Crippen LogP contribution in [0.5, 0.6) is 11.5 Å². The summed E-state index contributed by atoms with van der Waals surface area (Å²) >= 11 is 0.880. The third-order valence-electron chi connectivity index (χ3n) is 5.33. The Balaban J connectivity index is 1.40. The van der Waals surface area contributed by atoms with E-state index in [0.29, 0.717) is 12.3 Å². The molecule has 0 spiro atoms. The van der Waals surface area contributed by atoms with E-state index in [4.69, 9.17) is 4.74 Å². The summed E-state index contributed by atoms with van der Waals surface area (Å²) in [6, 6.07) is 20.7. The molecule has 0 saturated carbocycles. The van der Waals surface area contributed by atoms with Gasteiger partial charge in [0.1, 0.15) is 12.1 Å². The normalized spacial score (nSPS) is 11.4. The number of nitrogens with one attached hydrogen (secondary N) is 1. The summed E-state index contributed by atoms with van der Waals surface area (Å²) in [6.45, 7) is 2.51. The molecule has 5 aromatic rings. The van der Waals surface area contributed by atoms with Gasteiger partial charge in [-0.25, -0.2) is 17.8 Å². The van der Waals surface area contributed by atoms with Gasteiger partial charge >= 0.3 is 0 Å². The van der Waals surface area contributed by atoms with Crippen LogP contribution in [0.2, 0.25) is 0 Å². The van der Waals surface area contributed by atoms with Gasteiger partial charge in [0.15, 0.2) is 11.6 Å². The highest BCUT2D eigenvalue weighted by Crippen LogP contribution is 2.36. The predicted octanol–water partition coefficient (Wildman–Crippen LogP) is 5.49. The molecule has 0 amide bonds. The summed E-state index contributed by atoms with van der Waals surface area (Å²) in [7, 11) is -4.02. The molecule has 0 aliphatic carbocycles. The summed E-state index contributed by atoms with van der Waals surface area (Å²) in [4.78, 5) is 3.53. The van der Waals surface area contributed by atoms with Crippen LogP contribution in [0.4, 0.5) is 9.52 Å². The van der Waals surface area contributed by atoms with Crippen molar-refractivity contribution in [3.05, 3.63) is 102 Å². The largest absolute Gasteiger partial charge is 0.454 e. The highest BCUT2D eigenvalue weighted by molar-refractivity contribution is 7.93. The van der Waals surface area contributed by atoms with Gasteiger partial charge in [-0.2, -0.15) is 9.47 Å². The van der Waals surface area contributed by atoms with Crippen LogP contribution in [0.15, 0.2) is 90.2 Å². The van der Waals surface area contributed by atoms with Gasteiger partial charge < -0.3 is 4.74 Å². The van der Waals surface area contributed by atoms with E-state index in [-0.39, 0.29) is 15.8 Å². The zero-order chi connectivity index (χ0) is 25.1. The lowest BCUT2D eigenvalue weighted by atomic mass is 10.1. The molecular weight excluding hydrogens is 501 g/mol. The minimum atomic E-state index is -4.02. The molecule has 3 aromatic carbocycles. The predicted molar refractivity (Wildman–Crippen MR) is 135 cm³/mol. The Morgan fingerprint density at radius 2 is 1.78 bits per heavy atom. The van der Waals surface area contributed by atoms with Crippen molar-refractivity contribution in [1.29, 1.82) is 0 Å². The van der Waals surface area contributed by atoms with Crippen molar-refractivity contribution >= 4 is 26.7 Å². The molecule has 36 heavy (non-hydrogen) atoms. The van der Waals surface area contributed by atoms with Crippen molar-refractivity contribution in [1.82, 2.24) is 19.1 Å². The van der Waals surface area contributed by atoms with Crippen LogP contribution in [-0.4, -0.2) is 27.6 Å². The topological polar surface area (TPSA) is 99.0 Å². The first-order valence-corrected chi connectivity index (χ1v) is 13.1. The van der Waals surface area contributed by atoms with E-state index in [1.807, 2.05) is 60.3 Å². The summed E-state index contributed by atoms with van der Waals surface area (Å²) < 4.78 is 53.8. The van der Waals surface area contributed by atoms with Gasteiger partial charge in [-0.15, -0.1) is 0 Å². The zero-order valence-electron chi connectivity index (χ0n) is 19.0. The van der Waals surface area contributed by atoms with E-state index in [1.54, 1.807) is 12.1 Å². The molecular formula is C25H20FN5O3S2. The Labute approximate surface area is 211 Å². The lowest BCUT2D eigenvalue weighted by Gasteiger charge is -2.12. The number of hydrogen-bond donors (Lipinski definition) is 1. The lowest BCUT2D eigenvalue weighted by molar-refractivity contribution is 0.442. The molecule has 1 N–H and O–H groups in total. The van der Waals surface area contributed by atoms with Gasteiger partial charge in [-0.1, -0.05) is 48.5 Å². The summed E-state index contributed by atoms with van der Waals surface area (Å²) in [6.07, 6.45) is 3.15. The van der Waals surface area contributed by atoms with Crippen molar-refractivity contribution in [2.75, 3.05) is 4.72 Å². The Kier molecular flexibility index (Phi) is 6.49. The van der Waals surface area contributed by atoms with Gasteiger partial charge in [-0.05, 0) is 36.8 Å². The van der Waals surface area contributed by atoms with Crippen molar-refractivity contribution in [2.24, 2.45) is 0 Å².